The van der Waals surface area contributed by atoms with Gasteiger partial charge in [-0.05, 0) is 19.3 Å². The summed E-state index contributed by atoms with van der Waals surface area (Å²) in [4.78, 5) is 23.7. The van der Waals surface area contributed by atoms with Crippen molar-refractivity contribution in [3.63, 3.8) is 0 Å². The standard InChI is InChI=1S/C18H32O2/c1-2-3-4-5-6-7-8-9-10-14-17(19)16-13-11-12-15-18(16)20/h16H,2-15H2,1H3. The van der Waals surface area contributed by atoms with Crippen LogP contribution in [0.25, 0.3) is 0 Å². The van der Waals surface area contributed by atoms with Crippen LogP contribution in [0.2, 0.25) is 0 Å². The van der Waals surface area contributed by atoms with Crippen LogP contribution in [0, 0.1) is 5.92 Å². The van der Waals surface area contributed by atoms with E-state index in [0.29, 0.717) is 12.8 Å². The summed E-state index contributed by atoms with van der Waals surface area (Å²) >= 11 is 0. The monoisotopic (exact) mass is 280 g/mol. The number of carbonyl (C=O) groups is 2. The average Bonchev–Trinajstić information content (AvgIpc) is 2.46. The smallest absolute Gasteiger partial charge is 0.143 e. The highest BCUT2D eigenvalue weighted by atomic mass is 16.1. The van der Waals surface area contributed by atoms with Gasteiger partial charge in [0.05, 0.1) is 5.92 Å². The maximum Gasteiger partial charge on any atom is 0.143 e. The Morgan fingerprint density at radius 1 is 0.950 bits per heavy atom. The highest BCUT2D eigenvalue weighted by Crippen LogP contribution is 2.23. The van der Waals surface area contributed by atoms with E-state index < -0.39 is 0 Å². The molecule has 0 spiro atoms. The fourth-order valence-electron chi connectivity index (χ4n) is 3.11. The lowest BCUT2D eigenvalue weighted by atomic mass is 9.83. The summed E-state index contributed by atoms with van der Waals surface area (Å²) in [6.45, 7) is 2.24. The third-order valence-corrected chi connectivity index (χ3v) is 4.47. The SMILES string of the molecule is CCCCCCCCCCCC(=O)C1CCCCC1=O. The van der Waals surface area contributed by atoms with Crippen LogP contribution in [-0.2, 0) is 9.59 Å². The Bertz CT molecular complexity index is 283. The molecule has 0 heterocycles. The minimum absolute atomic E-state index is 0.206. The van der Waals surface area contributed by atoms with Crippen molar-refractivity contribution in [3.8, 4) is 0 Å². The van der Waals surface area contributed by atoms with E-state index in [2.05, 4.69) is 6.92 Å². The number of ketones is 2. The van der Waals surface area contributed by atoms with Crippen molar-refractivity contribution in [1.82, 2.24) is 0 Å². The molecule has 1 aliphatic rings. The Balaban J connectivity index is 1.95. The second kappa shape index (κ2) is 11.0. The molecule has 0 amide bonds. The zero-order valence-electron chi connectivity index (χ0n) is 13.3. The van der Waals surface area contributed by atoms with Gasteiger partial charge in [-0.2, -0.15) is 0 Å². The van der Waals surface area contributed by atoms with Crippen LogP contribution < -0.4 is 0 Å². The fourth-order valence-corrected chi connectivity index (χ4v) is 3.11. The van der Waals surface area contributed by atoms with E-state index in [9.17, 15) is 9.59 Å². The molecule has 1 fully saturated rings. The number of carbonyl (C=O) groups excluding carboxylic acids is 2. The van der Waals surface area contributed by atoms with Crippen LogP contribution in [0.3, 0.4) is 0 Å². The van der Waals surface area contributed by atoms with Crippen LogP contribution in [0.15, 0.2) is 0 Å². The van der Waals surface area contributed by atoms with Gasteiger partial charge in [0, 0.05) is 12.8 Å². The predicted molar refractivity (Wildman–Crippen MR) is 83.8 cm³/mol. The van der Waals surface area contributed by atoms with Gasteiger partial charge in [0.15, 0.2) is 0 Å². The molecule has 0 aromatic heterocycles. The summed E-state index contributed by atoms with van der Waals surface area (Å²) in [7, 11) is 0. The van der Waals surface area contributed by atoms with Crippen molar-refractivity contribution in [1.29, 1.82) is 0 Å². The van der Waals surface area contributed by atoms with Gasteiger partial charge < -0.3 is 0 Å². The highest BCUT2D eigenvalue weighted by molar-refractivity contribution is 6.02. The molecule has 2 heteroatoms. The number of hydrogen-bond donors (Lipinski definition) is 0. The minimum Gasteiger partial charge on any atom is -0.299 e. The first kappa shape index (κ1) is 17.4. The molecule has 0 aromatic rings. The van der Waals surface area contributed by atoms with Gasteiger partial charge >= 0.3 is 0 Å². The van der Waals surface area contributed by atoms with E-state index in [1.165, 1.54) is 44.9 Å². The van der Waals surface area contributed by atoms with Gasteiger partial charge in [-0.15, -0.1) is 0 Å². The summed E-state index contributed by atoms with van der Waals surface area (Å²) < 4.78 is 0. The normalized spacial score (nSPS) is 19.2. The van der Waals surface area contributed by atoms with Crippen molar-refractivity contribution in [2.24, 2.45) is 5.92 Å². The minimum atomic E-state index is -0.238. The molecule has 1 atom stereocenters. The maximum atomic E-state index is 12.0. The van der Waals surface area contributed by atoms with Gasteiger partial charge in [0.1, 0.15) is 11.6 Å². The number of rotatable bonds is 11. The second-order valence-corrected chi connectivity index (χ2v) is 6.31. The molecule has 1 saturated carbocycles. The number of Topliss-reactive ketones (excluding diaryl/α,β-unsaturated/α-hetero) is 2. The van der Waals surface area contributed by atoms with Crippen LogP contribution in [0.5, 0.6) is 0 Å². The van der Waals surface area contributed by atoms with E-state index in [1.807, 2.05) is 0 Å². The lowest BCUT2D eigenvalue weighted by Crippen LogP contribution is -2.27. The quantitative estimate of drug-likeness (QED) is 0.383. The van der Waals surface area contributed by atoms with Gasteiger partial charge in [0.25, 0.3) is 0 Å². The molecule has 0 N–H and O–H groups in total. The predicted octanol–water partition coefficient (Wildman–Crippen LogP) is 5.24. The van der Waals surface area contributed by atoms with Gasteiger partial charge in [-0.25, -0.2) is 0 Å². The van der Waals surface area contributed by atoms with E-state index in [-0.39, 0.29) is 17.5 Å². The second-order valence-electron chi connectivity index (χ2n) is 6.31. The van der Waals surface area contributed by atoms with Crippen LogP contribution in [0.1, 0.15) is 96.8 Å². The summed E-state index contributed by atoms with van der Waals surface area (Å²) in [6.07, 6.45) is 15.6. The Kier molecular flexibility index (Phi) is 9.61. The molecule has 0 saturated heterocycles. The Labute approximate surface area is 124 Å². The lowest BCUT2D eigenvalue weighted by molar-refractivity contribution is -0.134. The van der Waals surface area contributed by atoms with Crippen LogP contribution >= 0.6 is 0 Å². The van der Waals surface area contributed by atoms with Crippen molar-refractivity contribution < 1.29 is 9.59 Å². The molecule has 2 nitrogen and oxygen atoms in total. The topological polar surface area (TPSA) is 34.1 Å². The Morgan fingerprint density at radius 3 is 2.15 bits per heavy atom. The summed E-state index contributed by atoms with van der Waals surface area (Å²) in [5.74, 6) is 0.188. The Hall–Kier alpha value is -0.660. The molecule has 0 aromatic carbocycles. The van der Waals surface area contributed by atoms with Gasteiger partial charge in [-0.3, -0.25) is 9.59 Å². The summed E-state index contributed by atoms with van der Waals surface area (Å²) in [5, 5.41) is 0. The molecule has 1 aliphatic carbocycles. The Morgan fingerprint density at radius 2 is 1.55 bits per heavy atom. The van der Waals surface area contributed by atoms with Gasteiger partial charge in [0.2, 0.25) is 0 Å². The highest BCUT2D eigenvalue weighted by Gasteiger charge is 2.27. The number of hydrogen-bond acceptors (Lipinski definition) is 2. The van der Waals surface area contributed by atoms with Gasteiger partial charge in [-0.1, -0.05) is 64.7 Å². The first-order chi connectivity index (χ1) is 9.75. The number of unbranched alkanes of at least 4 members (excludes halogenated alkanes) is 8. The molecule has 116 valence electrons. The largest absolute Gasteiger partial charge is 0.299 e. The molecule has 0 radical (unpaired) electrons. The zero-order valence-corrected chi connectivity index (χ0v) is 13.3. The summed E-state index contributed by atoms with van der Waals surface area (Å²) in [6, 6.07) is 0. The molecule has 0 aliphatic heterocycles. The third-order valence-electron chi connectivity index (χ3n) is 4.47. The van der Waals surface area contributed by atoms with E-state index in [0.717, 1.165) is 32.1 Å². The van der Waals surface area contributed by atoms with E-state index >= 15 is 0 Å². The van der Waals surface area contributed by atoms with Crippen molar-refractivity contribution in [2.75, 3.05) is 0 Å². The van der Waals surface area contributed by atoms with Crippen molar-refractivity contribution in [2.45, 2.75) is 96.8 Å². The van der Waals surface area contributed by atoms with E-state index in [4.69, 9.17) is 0 Å². The molecule has 0 bridgehead atoms. The average molecular weight is 280 g/mol. The van der Waals surface area contributed by atoms with Crippen LogP contribution in [0.4, 0.5) is 0 Å². The molecule has 20 heavy (non-hydrogen) atoms. The maximum absolute atomic E-state index is 12.0. The van der Waals surface area contributed by atoms with Crippen LogP contribution in [-0.4, -0.2) is 11.6 Å². The molecule has 1 unspecified atom stereocenters. The van der Waals surface area contributed by atoms with Crippen molar-refractivity contribution in [3.05, 3.63) is 0 Å². The lowest BCUT2D eigenvalue weighted by Gasteiger charge is -2.19. The fraction of sp³-hybridized carbons (Fsp3) is 0.889. The van der Waals surface area contributed by atoms with Crippen molar-refractivity contribution >= 4 is 11.6 Å². The van der Waals surface area contributed by atoms with E-state index in [1.54, 1.807) is 0 Å². The molecular formula is C18H32O2. The first-order valence-electron chi connectivity index (χ1n) is 8.81. The molecule has 1 rings (SSSR count). The zero-order chi connectivity index (χ0) is 14.6. The summed E-state index contributed by atoms with van der Waals surface area (Å²) in [5.41, 5.74) is 0. The first-order valence-corrected chi connectivity index (χ1v) is 8.81. The third kappa shape index (κ3) is 7.21. The molecular weight excluding hydrogens is 248 g/mol.